The van der Waals surface area contributed by atoms with Gasteiger partial charge in [0.1, 0.15) is 0 Å². The molecule has 4 unspecified atom stereocenters. The topological polar surface area (TPSA) is 55.1 Å². The number of piperidine rings is 1. The highest BCUT2D eigenvalue weighted by Crippen LogP contribution is 2.35. The van der Waals surface area contributed by atoms with Crippen LogP contribution in [-0.2, 0) is 4.79 Å². The van der Waals surface area contributed by atoms with Gasteiger partial charge in [0.15, 0.2) is 0 Å². The van der Waals surface area contributed by atoms with E-state index in [0.29, 0.717) is 12.0 Å². The van der Waals surface area contributed by atoms with Crippen molar-refractivity contribution in [3.63, 3.8) is 0 Å². The van der Waals surface area contributed by atoms with Gasteiger partial charge in [-0.2, -0.15) is 0 Å². The number of hydrogen-bond acceptors (Lipinski definition) is 2. The van der Waals surface area contributed by atoms with Gasteiger partial charge in [0.05, 0.1) is 5.92 Å². The molecule has 0 bridgehead atoms. The average molecular weight is 212 g/mol. The van der Waals surface area contributed by atoms with E-state index in [4.69, 9.17) is 5.73 Å². The predicted octanol–water partition coefficient (Wildman–Crippen LogP) is 1.52. The van der Waals surface area contributed by atoms with Gasteiger partial charge in [0.25, 0.3) is 0 Å². The molecule has 0 spiro atoms. The minimum Gasteiger partial charge on any atom is -0.369 e. The summed E-state index contributed by atoms with van der Waals surface area (Å²) in [7, 11) is 0. The van der Waals surface area contributed by atoms with Crippen molar-refractivity contribution >= 4 is 5.91 Å². The molecule has 1 saturated heterocycles. The molecular weight excluding hydrogens is 188 g/mol. The van der Waals surface area contributed by atoms with Gasteiger partial charge in [0.2, 0.25) is 5.91 Å². The van der Waals surface area contributed by atoms with E-state index in [2.05, 4.69) is 39.9 Å². The first-order chi connectivity index (χ1) is 6.73. The van der Waals surface area contributed by atoms with Gasteiger partial charge in [-0.05, 0) is 24.7 Å². The molecule has 0 aromatic heterocycles. The van der Waals surface area contributed by atoms with Gasteiger partial charge < -0.3 is 11.1 Å². The number of carbonyl (C=O) groups excluding carboxylic acids is 1. The summed E-state index contributed by atoms with van der Waals surface area (Å²) in [6, 6.07) is 0.661. The van der Waals surface area contributed by atoms with Gasteiger partial charge in [-0.25, -0.2) is 0 Å². The Morgan fingerprint density at radius 1 is 1.33 bits per heavy atom. The first kappa shape index (κ1) is 12.5. The van der Waals surface area contributed by atoms with Crippen molar-refractivity contribution in [1.29, 1.82) is 0 Å². The molecule has 0 radical (unpaired) electrons. The molecule has 1 amide bonds. The van der Waals surface area contributed by atoms with E-state index < -0.39 is 0 Å². The summed E-state index contributed by atoms with van der Waals surface area (Å²) in [5.74, 6) is 0.172. The third-order valence-corrected chi connectivity index (χ3v) is 3.42. The second-order valence-corrected chi connectivity index (χ2v) is 6.05. The van der Waals surface area contributed by atoms with Crippen LogP contribution < -0.4 is 11.1 Å². The molecule has 3 heteroatoms. The fourth-order valence-electron chi connectivity index (χ4n) is 2.74. The molecule has 4 atom stereocenters. The van der Waals surface area contributed by atoms with Crippen molar-refractivity contribution in [2.45, 2.75) is 53.1 Å². The molecule has 1 aliphatic rings. The van der Waals surface area contributed by atoms with Crippen LogP contribution in [0.5, 0.6) is 0 Å². The molecule has 0 saturated carbocycles. The molecule has 3 nitrogen and oxygen atoms in total. The highest BCUT2D eigenvalue weighted by Gasteiger charge is 2.42. The lowest BCUT2D eigenvalue weighted by atomic mass is 9.69. The minimum atomic E-state index is -0.165. The van der Waals surface area contributed by atoms with Crippen molar-refractivity contribution < 1.29 is 4.79 Å². The Bertz CT molecular complexity index is 244. The first-order valence-electron chi connectivity index (χ1n) is 5.79. The molecule has 0 aromatic carbocycles. The van der Waals surface area contributed by atoms with Crippen molar-refractivity contribution in [2.24, 2.45) is 23.0 Å². The molecule has 1 heterocycles. The molecule has 1 aliphatic heterocycles. The van der Waals surface area contributed by atoms with Gasteiger partial charge in [-0.3, -0.25) is 4.79 Å². The van der Waals surface area contributed by atoms with E-state index >= 15 is 0 Å². The lowest BCUT2D eigenvalue weighted by molar-refractivity contribution is -0.127. The van der Waals surface area contributed by atoms with Gasteiger partial charge in [-0.1, -0.05) is 27.7 Å². The zero-order valence-corrected chi connectivity index (χ0v) is 10.5. The highest BCUT2D eigenvalue weighted by atomic mass is 16.1. The lowest BCUT2D eigenvalue weighted by Crippen LogP contribution is -2.59. The Labute approximate surface area is 92.8 Å². The SMILES string of the molecule is CC1CC(C)C(C(N)=O)C(C(C)(C)C)N1. The Hall–Kier alpha value is -0.570. The largest absolute Gasteiger partial charge is 0.369 e. The van der Waals surface area contributed by atoms with E-state index in [1.54, 1.807) is 0 Å². The van der Waals surface area contributed by atoms with Crippen molar-refractivity contribution in [2.75, 3.05) is 0 Å². The van der Waals surface area contributed by atoms with E-state index in [0.717, 1.165) is 6.42 Å². The summed E-state index contributed by atoms with van der Waals surface area (Å²) in [6.07, 6.45) is 1.03. The van der Waals surface area contributed by atoms with Crippen LogP contribution in [0.4, 0.5) is 0 Å². The Kier molecular flexibility index (Phi) is 3.44. The number of primary amides is 1. The van der Waals surface area contributed by atoms with Crippen LogP contribution in [0.3, 0.4) is 0 Å². The smallest absolute Gasteiger partial charge is 0.222 e. The number of carbonyl (C=O) groups is 1. The molecule has 1 rings (SSSR count). The zero-order valence-electron chi connectivity index (χ0n) is 10.5. The second-order valence-electron chi connectivity index (χ2n) is 6.05. The van der Waals surface area contributed by atoms with Crippen LogP contribution in [0.1, 0.15) is 41.0 Å². The van der Waals surface area contributed by atoms with E-state index in [-0.39, 0.29) is 23.3 Å². The van der Waals surface area contributed by atoms with Crippen molar-refractivity contribution in [3.8, 4) is 0 Å². The zero-order chi connectivity index (χ0) is 11.8. The summed E-state index contributed by atoms with van der Waals surface area (Å²) in [5, 5.41) is 3.52. The molecule has 15 heavy (non-hydrogen) atoms. The number of nitrogens with one attached hydrogen (secondary N) is 1. The third kappa shape index (κ3) is 2.71. The normalized spacial score (nSPS) is 37.7. The molecule has 88 valence electrons. The second kappa shape index (κ2) is 4.12. The minimum absolute atomic E-state index is 0.0406. The summed E-state index contributed by atoms with van der Waals surface area (Å²) >= 11 is 0. The fraction of sp³-hybridized carbons (Fsp3) is 0.917. The van der Waals surface area contributed by atoms with Gasteiger partial charge in [-0.15, -0.1) is 0 Å². The van der Waals surface area contributed by atoms with Crippen LogP contribution in [-0.4, -0.2) is 18.0 Å². The molecule has 3 N–H and O–H groups in total. The Morgan fingerprint density at radius 2 is 1.87 bits per heavy atom. The molecule has 1 fully saturated rings. The standard InChI is InChI=1S/C12H24N2O/c1-7-6-8(2)14-10(12(3,4)5)9(7)11(13)15/h7-10,14H,6H2,1-5H3,(H2,13,15). The van der Waals surface area contributed by atoms with Crippen LogP contribution in [0.15, 0.2) is 0 Å². The van der Waals surface area contributed by atoms with E-state index in [1.165, 1.54) is 0 Å². The first-order valence-corrected chi connectivity index (χ1v) is 5.79. The summed E-state index contributed by atoms with van der Waals surface area (Å²) in [5.41, 5.74) is 5.58. The quantitative estimate of drug-likeness (QED) is 0.692. The van der Waals surface area contributed by atoms with Gasteiger partial charge in [0, 0.05) is 12.1 Å². The van der Waals surface area contributed by atoms with Crippen LogP contribution in [0.2, 0.25) is 0 Å². The van der Waals surface area contributed by atoms with E-state index in [1.807, 2.05) is 0 Å². The number of amides is 1. The molecule has 0 aliphatic carbocycles. The highest BCUT2D eigenvalue weighted by molar-refractivity contribution is 5.78. The van der Waals surface area contributed by atoms with Crippen molar-refractivity contribution in [3.05, 3.63) is 0 Å². The molecular formula is C12H24N2O. The maximum absolute atomic E-state index is 11.5. The Balaban J connectivity index is 2.92. The fourth-order valence-corrected chi connectivity index (χ4v) is 2.74. The Morgan fingerprint density at radius 3 is 2.27 bits per heavy atom. The third-order valence-electron chi connectivity index (χ3n) is 3.42. The monoisotopic (exact) mass is 212 g/mol. The van der Waals surface area contributed by atoms with Crippen LogP contribution in [0, 0.1) is 17.3 Å². The summed E-state index contributed by atoms with van der Waals surface area (Å²) in [4.78, 5) is 11.5. The maximum atomic E-state index is 11.5. The predicted molar refractivity (Wildman–Crippen MR) is 62.3 cm³/mol. The van der Waals surface area contributed by atoms with E-state index in [9.17, 15) is 4.79 Å². The number of hydrogen-bond donors (Lipinski definition) is 2. The van der Waals surface area contributed by atoms with Crippen LogP contribution >= 0.6 is 0 Å². The summed E-state index contributed by atoms with van der Waals surface area (Å²) in [6.45, 7) is 10.8. The average Bonchev–Trinajstić information content (AvgIpc) is 1.99. The maximum Gasteiger partial charge on any atom is 0.222 e. The van der Waals surface area contributed by atoms with Crippen molar-refractivity contribution in [1.82, 2.24) is 5.32 Å². The van der Waals surface area contributed by atoms with Gasteiger partial charge >= 0.3 is 0 Å². The lowest BCUT2D eigenvalue weighted by Gasteiger charge is -2.45. The number of nitrogens with two attached hydrogens (primary N) is 1. The number of rotatable bonds is 1. The molecule has 0 aromatic rings. The van der Waals surface area contributed by atoms with Crippen LogP contribution in [0.25, 0.3) is 0 Å². The summed E-state index contributed by atoms with van der Waals surface area (Å²) < 4.78 is 0.